The maximum absolute atomic E-state index is 12.2. The maximum Gasteiger partial charge on any atom is 0.258 e. The molecule has 3 rings (SSSR count). The van der Waals surface area contributed by atoms with Crippen LogP contribution in [0.4, 0.5) is 0 Å². The molecule has 5 nitrogen and oxygen atoms in total. The topological polar surface area (TPSA) is 62.4 Å². The first-order valence-corrected chi connectivity index (χ1v) is 8.10. The van der Waals surface area contributed by atoms with Gasteiger partial charge in [0.2, 0.25) is 0 Å². The van der Waals surface area contributed by atoms with Gasteiger partial charge in [0.05, 0.1) is 0 Å². The Morgan fingerprint density at radius 1 is 1.41 bits per heavy atom. The summed E-state index contributed by atoms with van der Waals surface area (Å²) in [7, 11) is 0. The number of hydrogen-bond donors (Lipinski definition) is 3. The summed E-state index contributed by atoms with van der Waals surface area (Å²) in [5, 5.41) is 3.13. The number of nitrogens with one attached hydrogen (secondary N) is 3. The smallest absolute Gasteiger partial charge is 0.258 e. The number of carbonyl (C=O) groups excluding carboxylic acids is 1. The van der Waals surface area contributed by atoms with Crippen molar-refractivity contribution >= 4 is 5.91 Å². The molecule has 2 aliphatic rings. The molecule has 120 valence electrons. The fourth-order valence-electron chi connectivity index (χ4n) is 3.58. The molecule has 3 N–H and O–H groups in total. The van der Waals surface area contributed by atoms with Crippen LogP contribution < -0.4 is 20.9 Å². The van der Waals surface area contributed by atoms with Crippen LogP contribution in [-0.4, -0.2) is 31.1 Å². The monoisotopic (exact) mass is 303 g/mol. The molecule has 22 heavy (non-hydrogen) atoms. The van der Waals surface area contributed by atoms with Crippen LogP contribution in [0.3, 0.4) is 0 Å². The van der Waals surface area contributed by atoms with Gasteiger partial charge in [0.25, 0.3) is 5.91 Å². The number of amides is 1. The van der Waals surface area contributed by atoms with Gasteiger partial charge in [-0.2, -0.15) is 0 Å². The molecule has 1 saturated heterocycles. The van der Waals surface area contributed by atoms with E-state index in [1.165, 1.54) is 0 Å². The second kappa shape index (κ2) is 6.67. The minimum absolute atomic E-state index is 0.0477. The van der Waals surface area contributed by atoms with Crippen molar-refractivity contribution in [3.05, 3.63) is 29.8 Å². The summed E-state index contributed by atoms with van der Waals surface area (Å²) in [6.45, 7) is 5.36. The molecule has 4 unspecified atom stereocenters. The summed E-state index contributed by atoms with van der Waals surface area (Å²) in [6, 6.07) is 8.27. The van der Waals surface area contributed by atoms with E-state index in [1.54, 1.807) is 0 Å². The summed E-state index contributed by atoms with van der Waals surface area (Å²) in [5.41, 5.74) is 7.68. The summed E-state index contributed by atoms with van der Waals surface area (Å²) in [6.07, 6.45) is 2.18. The second-order valence-corrected chi connectivity index (χ2v) is 6.55. The molecular formula is C17H25N3O2. The molecule has 5 heteroatoms. The van der Waals surface area contributed by atoms with E-state index in [4.69, 9.17) is 4.74 Å². The fourth-order valence-corrected chi connectivity index (χ4v) is 3.58. The zero-order chi connectivity index (χ0) is 15.5. The van der Waals surface area contributed by atoms with E-state index in [-0.39, 0.29) is 18.6 Å². The van der Waals surface area contributed by atoms with Gasteiger partial charge in [0, 0.05) is 18.6 Å². The zero-order valence-corrected chi connectivity index (χ0v) is 13.3. The predicted octanol–water partition coefficient (Wildman–Crippen LogP) is 1.38. The minimum atomic E-state index is -0.0477. The normalized spacial score (nSPS) is 30.6. The van der Waals surface area contributed by atoms with Crippen LogP contribution in [0, 0.1) is 18.8 Å². The highest BCUT2D eigenvalue weighted by Gasteiger charge is 2.40. The van der Waals surface area contributed by atoms with Crippen molar-refractivity contribution in [3.8, 4) is 5.75 Å². The van der Waals surface area contributed by atoms with Crippen LogP contribution in [0.1, 0.15) is 25.3 Å². The number of hydrogen-bond acceptors (Lipinski definition) is 4. The van der Waals surface area contributed by atoms with E-state index in [1.807, 2.05) is 31.2 Å². The van der Waals surface area contributed by atoms with Crippen LogP contribution in [0.25, 0.3) is 0 Å². The zero-order valence-electron chi connectivity index (χ0n) is 13.3. The van der Waals surface area contributed by atoms with Crippen LogP contribution in [0.5, 0.6) is 5.75 Å². The molecule has 0 spiro atoms. The first-order chi connectivity index (χ1) is 10.6. The van der Waals surface area contributed by atoms with Crippen LogP contribution >= 0.6 is 0 Å². The van der Waals surface area contributed by atoms with Gasteiger partial charge in [0.15, 0.2) is 6.61 Å². The van der Waals surface area contributed by atoms with Gasteiger partial charge in [0.1, 0.15) is 5.75 Å². The highest BCUT2D eigenvalue weighted by molar-refractivity contribution is 5.78. The highest BCUT2D eigenvalue weighted by Crippen LogP contribution is 2.31. The van der Waals surface area contributed by atoms with Crippen LogP contribution in [0.15, 0.2) is 24.3 Å². The third-order valence-electron chi connectivity index (χ3n) is 4.87. The molecule has 1 aliphatic heterocycles. The van der Waals surface area contributed by atoms with E-state index in [0.29, 0.717) is 17.9 Å². The van der Waals surface area contributed by atoms with Crippen LogP contribution in [-0.2, 0) is 4.79 Å². The lowest BCUT2D eigenvalue weighted by Crippen LogP contribution is -2.55. The van der Waals surface area contributed by atoms with Gasteiger partial charge >= 0.3 is 0 Å². The largest absolute Gasteiger partial charge is 0.484 e. The lowest BCUT2D eigenvalue weighted by Gasteiger charge is -2.37. The van der Waals surface area contributed by atoms with E-state index in [2.05, 4.69) is 23.1 Å². The molecule has 0 radical (unpaired) electrons. The van der Waals surface area contributed by atoms with Crippen molar-refractivity contribution in [2.45, 2.75) is 38.8 Å². The van der Waals surface area contributed by atoms with Crippen molar-refractivity contribution in [2.24, 2.45) is 11.8 Å². The molecule has 1 aromatic rings. The minimum Gasteiger partial charge on any atom is -0.484 e. The number of hydrazine groups is 1. The van der Waals surface area contributed by atoms with Crippen molar-refractivity contribution in [1.29, 1.82) is 0 Å². The molecule has 1 saturated carbocycles. The van der Waals surface area contributed by atoms with Crippen molar-refractivity contribution in [1.82, 2.24) is 16.2 Å². The third-order valence-corrected chi connectivity index (χ3v) is 4.87. The molecule has 1 aliphatic carbocycles. The van der Waals surface area contributed by atoms with Crippen LogP contribution in [0.2, 0.25) is 0 Å². The Morgan fingerprint density at radius 3 is 3.09 bits per heavy atom. The Bertz CT molecular complexity index is 534. The summed E-state index contributed by atoms with van der Waals surface area (Å²) in [5.74, 6) is 1.99. The summed E-state index contributed by atoms with van der Waals surface area (Å²) < 4.78 is 5.57. The third kappa shape index (κ3) is 3.42. The number of benzene rings is 1. The molecule has 0 aromatic heterocycles. The predicted molar refractivity (Wildman–Crippen MR) is 85.4 cm³/mol. The van der Waals surface area contributed by atoms with Crippen molar-refractivity contribution in [2.75, 3.05) is 13.2 Å². The molecule has 2 fully saturated rings. The molecule has 1 amide bonds. The van der Waals surface area contributed by atoms with E-state index in [0.717, 1.165) is 30.7 Å². The maximum atomic E-state index is 12.2. The Morgan fingerprint density at radius 2 is 2.27 bits per heavy atom. The number of carbonyl (C=O) groups is 1. The van der Waals surface area contributed by atoms with Gasteiger partial charge in [-0.1, -0.05) is 19.1 Å². The average molecular weight is 303 g/mol. The number of aryl methyl sites for hydroxylation is 1. The molecule has 4 atom stereocenters. The number of rotatable bonds is 4. The van der Waals surface area contributed by atoms with Crippen molar-refractivity contribution in [3.63, 3.8) is 0 Å². The molecule has 1 heterocycles. The average Bonchev–Trinajstić information content (AvgIpc) is 2.99. The number of ether oxygens (including phenoxy) is 1. The summed E-state index contributed by atoms with van der Waals surface area (Å²) in [4.78, 5) is 12.2. The molecular weight excluding hydrogens is 278 g/mol. The Hall–Kier alpha value is -1.59. The Balaban J connectivity index is 1.51. The van der Waals surface area contributed by atoms with Gasteiger partial charge < -0.3 is 10.1 Å². The highest BCUT2D eigenvalue weighted by atomic mass is 16.5. The van der Waals surface area contributed by atoms with Gasteiger partial charge in [-0.3, -0.25) is 15.6 Å². The molecule has 0 bridgehead atoms. The second-order valence-electron chi connectivity index (χ2n) is 6.55. The lowest BCUT2D eigenvalue weighted by molar-refractivity contribution is -0.124. The quantitative estimate of drug-likeness (QED) is 0.786. The van der Waals surface area contributed by atoms with E-state index < -0.39 is 0 Å². The molecule has 1 aromatic carbocycles. The fraction of sp³-hybridized carbons (Fsp3) is 0.588. The summed E-state index contributed by atoms with van der Waals surface area (Å²) >= 11 is 0. The lowest BCUT2D eigenvalue weighted by atomic mass is 9.75. The standard InChI is InChI=1S/C17H25N3O2/c1-11-4-3-5-13(8-11)22-10-16(21)19-15-7-6-12(2)14-9-18-20-17(14)15/h3-5,8,12,14-15,17-18,20H,6-7,9-10H2,1-2H3,(H,19,21). The Labute approximate surface area is 131 Å². The van der Waals surface area contributed by atoms with E-state index >= 15 is 0 Å². The number of fused-ring (bicyclic) bond motifs is 1. The van der Waals surface area contributed by atoms with Gasteiger partial charge in [-0.15, -0.1) is 0 Å². The van der Waals surface area contributed by atoms with Crippen molar-refractivity contribution < 1.29 is 9.53 Å². The Kier molecular flexibility index (Phi) is 4.64. The SMILES string of the molecule is Cc1cccc(OCC(=O)NC2CCC(C)C3CNNC23)c1. The first kappa shape index (κ1) is 15.3. The first-order valence-electron chi connectivity index (χ1n) is 8.10. The van der Waals surface area contributed by atoms with E-state index in [9.17, 15) is 4.79 Å². The van der Waals surface area contributed by atoms with Gasteiger partial charge in [-0.05, 0) is 49.3 Å². The van der Waals surface area contributed by atoms with Gasteiger partial charge in [-0.25, -0.2) is 0 Å².